The molecule has 3 heteroatoms. The molecule has 2 rings (SSSR count). The minimum Gasteiger partial charge on any atom is -0.392 e. The number of aliphatic hydroxyl groups excluding tert-OH is 1. The van der Waals surface area contributed by atoms with Crippen molar-refractivity contribution in [3.8, 4) is 0 Å². The molecule has 1 atom stereocenters. The first-order valence-corrected chi connectivity index (χ1v) is 6.29. The van der Waals surface area contributed by atoms with Gasteiger partial charge in [-0.2, -0.15) is 0 Å². The van der Waals surface area contributed by atoms with Crippen molar-refractivity contribution in [1.82, 2.24) is 0 Å². The summed E-state index contributed by atoms with van der Waals surface area (Å²) < 4.78 is 0. The number of halogens is 1. The smallest absolute Gasteiger partial charge is 0.0682 e. The predicted molar refractivity (Wildman–Crippen MR) is 75.9 cm³/mol. The molecule has 0 heterocycles. The van der Waals surface area contributed by atoms with Gasteiger partial charge in [-0.15, -0.1) is 0 Å². The zero-order valence-electron chi connectivity index (χ0n) is 10.2. The van der Waals surface area contributed by atoms with Crippen LogP contribution >= 0.6 is 11.6 Å². The topological polar surface area (TPSA) is 32.3 Å². The van der Waals surface area contributed by atoms with Crippen LogP contribution in [0.15, 0.2) is 48.5 Å². The molecule has 0 aliphatic heterocycles. The van der Waals surface area contributed by atoms with Crippen molar-refractivity contribution >= 4 is 17.3 Å². The van der Waals surface area contributed by atoms with E-state index < -0.39 is 0 Å². The van der Waals surface area contributed by atoms with Crippen LogP contribution in [0.2, 0.25) is 5.02 Å². The Morgan fingerprint density at radius 2 is 1.89 bits per heavy atom. The molecule has 2 aromatic carbocycles. The molecule has 2 aromatic rings. The fourth-order valence-corrected chi connectivity index (χ4v) is 2.01. The molecule has 0 amide bonds. The average Bonchev–Trinajstić information content (AvgIpc) is 2.42. The maximum atomic E-state index is 9.13. The normalized spacial score (nSPS) is 12.2. The Balaban J connectivity index is 2.18. The van der Waals surface area contributed by atoms with Crippen LogP contribution in [-0.4, -0.2) is 5.11 Å². The molecule has 0 spiro atoms. The average molecular weight is 262 g/mol. The number of rotatable bonds is 4. The molecule has 2 nitrogen and oxygen atoms in total. The summed E-state index contributed by atoms with van der Waals surface area (Å²) in [6, 6.07) is 15.8. The first-order chi connectivity index (χ1) is 8.70. The first-order valence-electron chi connectivity index (χ1n) is 5.91. The summed E-state index contributed by atoms with van der Waals surface area (Å²) in [5, 5.41) is 13.2. The molecule has 94 valence electrons. The van der Waals surface area contributed by atoms with Crippen LogP contribution in [0.1, 0.15) is 24.1 Å². The van der Waals surface area contributed by atoms with Crippen LogP contribution in [0, 0.1) is 0 Å². The summed E-state index contributed by atoms with van der Waals surface area (Å²) in [4.78, 5) is 0. The lowest BCUT2D eigenvalue weighted by Gasteiger charge is -2.17. The van der Waals surface area contributed by atoms with Crippen LogP contribution in [0.3, 0.4) is 0 Å². The summed E-state index contributed by atoms with van der Waals surface area (Å²) in [7, 11) is 0. The van der Waals surface area contributed by atoms with Gasteiger partial charge in [0.15, 0.2) is 0 Å². The Morgan fingerprint density at radius 3 is 2.56 bits per heavy atom. The number of anilines is 1. The Hall–Kier alpha value is -1.51. The summed E-state index contributed by atoms with van der Waals surface area (Å²) in [6.45, 7) is 2.10. The van der Waals surface area contributed by atoms with Gasteiger partial charge in [-0.05, 0) is 30.2 Å². The third-order valence-electron chi connectivity index (χ3n) is 2.88. The van der Waals surface area contributed by atoms with Crippen molar-refractivity contribution in [3.63, 3.8) is 0 Å². The van der Waals surface area contributed by atoms with Gasteiger partial charge < -0.3 is 10.4 Å². The van der Waals surface area contributed by atoms with Crippen LogP contribution in [0.25, 0.3) is 0 Å². The minimum absolute atomic E-state index is 0.0194. The van der Waals surface area contributed by atoms with Crippen molar-refractivity contribution in [2.45, 2.75) is 19.6 Å². The molecule has 18 heavy (non-hydrogen) atoms. The van der Waals surface area contributed by atoms with E-state index in [1.54, 1.807) is 6.07 Å². The van der Waals surface area contributed by atoms with Crippen molar-refractivity contribution in [1.29, 1.82) is 0 Å². The highest BCUT2D eigenvalue weighted by atomic mass is 35.5. The van der Waals surface area contributed by atoms with Crippen LogP contribution < -0.4 is 5.32 Å². The van der Waals surface area contributed by atoms with E-state index in [0.717, 1.165) is 11.3 Å². The molecule has 0 aliphatic rings. The van der Waals surface area contributed by atoms with E-state index in [-0.39, 0.29) is 12.6 Å². The minimum atomic E-state index is 0.0194. The second kappa shape index (κ2) is 5.89. The van der Waals surface area contributed by atoms with Crippen LogP contribution in [-0.2, 0) is 6.61 Å². The number of hydrogen-bond acceptors (Lipinski definition) is 2. The van der Waals surface area contributed by atoms with Gasteiger partial charge in [-0.3, -0.25) is 0 Å². The second-order valence-electron chi connectivity index (χ2n) is 4.25. The number of aliphatic hydroxyl groups is 1. The van der Waals surface area contributed by atoms with E-state index in [1.165, 1.54) is 5.56 Å². The van der Waals surface area contributed by atoms with Crippen molar-refractivity contribution < 1.29 is 5.11 Å². The lowest BCUT2D eigenvalue weighted by Crippen LogP contribution is -2.07. The van der Waals surface area contributed by atoms with Gasteiger partial charge in [0.25, 0.3) is 0 Å². The zero-order chi connectivity index (χ0) is 13.0. The van der Waals surface area contributed by atoms with E-state index in [0.29, 0.717) is 5.02 Å². The predicted octanol–water partition coefficient (Wildman–Crippen LogP) is 4.01. The molecule has 0 saturated carbocycles. The van der Waals surface area contributed by atoms with E-state index in [4.69, 9.17) is 16.7 Å². The molecule has 1 unspecified atom stereocenters. The standard InChI is InChI=1S/C15H16ClNO/c1-11(13-5-3-2-4-6-13)17-15-9-12(10-18)7-8-14(15)16/h2-9,11,17-18H,10H2,1H3. The Morgan fingerprint density at radius 1 is 1.17 bits per heavy atom. The van der Waals surface area contributed by atoms with Crippen molar-refractivity contribution in [3.05, 3.63) is 64.7 Å². The molecule has 0 aromatic heterocycles. The Labute approximate surface area is 112 Å². The van der Waals surface area contributed by atoms with Gasteiger partial charge in [0.2, 0.25) is 0 Å². The highest BCUT2D eigenvalue weighted by Crippen LogP contribution is 2.27. The van der Waals surface area contributed by atoms with E-state index >= 15 is 0 Å². The highest BCUT2D eigenvalue weighted by molar-refractivity contribution is 6.33. The lowest BCUT2D eigenvalue weighted by molar-refractivity contribution is 0.282. The number of nitrogens with one attached hydrogen (secondary N) is 1. The Bertz CT molecular complexity index is 513. The molecule has 0 aliphatic carbocycles. The summed E-state index contributed by atoms with van der Waals surface area (Å²) in [5.74, 6) is 0. The second-order valence-corrected chi connectivity index (χ2v) is 4.66. The highest BCUT2D eigenvalue weighted by Gasteiger charge is 2.07. The zero-order valence-corrected chi connectivity index (χ0v) is 11.0. The van der Waals surface area contributed by atoms with E-state index in [9.17, 15) is 0 Å². The maximum Gasteiger partial charge on any atom is 0.0682 e. The molecule has 0 bridgehead atoms. The largest absolute Gasteiger partial charge is 0.392 e. The Kier molecular flexibility index (Phi) is 4.24. The summed E-state index contributed by atoms with van der Waals surface area (Å²) in [6.07, 6.45) is 0. The summed E-state index contributed by atoms with van der Waals surface area (Å²) >= 11 is 6.14. The SMILES string of the molecule is CC(Nc1cc(CO)ccc1Cl)c1ccccc1. The van der Waals surface area contributed by atoms with E-state index in [1.807, 2.05) is 30.3 Å². The van der Waals surface area contributed by atoms with Crippen LogP contribution in [0.4, 0.5) is 5.69 Å². The quantitative estimate of drug-likeness (QED) is 0.872. The third kappa shape index (κ3) is 3.03. The van der Waals surface area contributed by atoms with Gasteiger partial charge in [0, 0.05) is 6.04 Å². The number of benzene rings is 2. The monoisotopic (exact) mass is 261 g/mol. The maximum absolute atomic E-state index is 9.13. The molecule has 0 fully saturated rings. The molecule has 2 N–H and O–H groups in total. The number of hydrogen-bond donors (Lipinski definition) is 2. The molecule has 0 saturated heterocycles. The van der Waals surface area contributed by atoms with Crippen LogP contribution in [0.5, 0.6) is 0 Å². The van der Waals surface area contributed by atoms with E-state index in [2.05, 4.69) is 24.4 Å². The van der Waals surface area contributed by atoms with Gasteiger partial charge >= 0.3 is 0 Å². The first kappa shape index (κ1) is 12.9. The van der Waals surface area contributed by atoms with Crippen molar-refractivity contribution in [2.24, 2.45) is 0 Å². The van der Waals surface area contributed by atoms with Gasteiger partial charge in [-0.1, -0.05) is 48.0 Å². The summed E-state index contributed by atoms with van der Waals surface area (Å²) in [5.41, 5.74) is 2.89. The fraction of sp³-hybridized carbons (Fsp3) is 0.200. The fourth-order valence-electron chi connectivity index (χ4n) is 1.84. The molecule has 0 radical (unpaired) electrons. The van der Waals surface area contributed by atoms with Crippen molar-refractivity contribution in [2.75, 3.05) is 5.32 Å². The lowest BCUT2D eigenvalue weighted by atomic mass is 10.1. The molecular weight excluding hydrogens is 246 g/mol. The third-order valence-corrected chi connectivity index (χ3v) is 3.21. The molecular formula is C15H16ClNO. The van der Waals surface area contributed by atoms with Gasteiger partial charge in [-0.25, -0.2) is 0 Å². The van der Waals surface area contributed by atoms with Gasteiger partial charge in [0.1, 0.15) is 0 Å². The van der Waals surface area contributed by atoms with Gasteiger partial charge in [0.05, 0.1) is 17.3 Å².